The Labute approximate surface area is 141 Å². The molecule has 0 heterocycles. The molecule has 0 radical (unpaired) electrons. The van der Waals surface area contributed by atoms with Gasteiger partial charge in [0.1, 0.15) is 17.6 Å². The monoisotopic (exact) mass is 356 g/mol. The Bertz CT molecular complexity index is 700. The highest BCUT2D eigenvalue weighted by molar-refractivity contribution is 5.84. The number of rotatable bonds is 6. The zero-order valence-electron chi connectivity index (χ0n) is 13.2. The van der Waals surface area contributed by atoms with Crippen LogP contribution in [0.2, 0.25) is 0 Å². The second kappa shape index (κ2) is 7.87. The van der Waals surface area contributed by atoms with Crippen LogP contribution < -0.4 is 15.4 Å². The lowest BCUT2D eigenvalue weighted by Gasteiger charge is -2.16. The summed E-state index contributed by atoms with van der Waals surface area (Å²) in [6.45, 7) is 1.85. The van der Waals surface area contributed by atoms with Gasteiger partial charge in [0.2, 0.25) is 5.91 Å². The van der Waals surface area contributed by atoms with Gasteiger partial charge in [-0.05, 0) is 48.9 Å². The summed E-state index contributed by atoms with van der Waals surface area (Å²) in [5.74, 6) is -1.01. The number of halogens is 4. The molecule has 2 aromatic rings. The van der Waals surface area contributed by atoms with E-state index in [1.165, 1.54) is 24.3 Å². The minimum absolute atomic E-state index is 0.240. The molecule has 0 aliphatic heterocycles. The molecule has 8 heteroatoms. The topological polar surface area (TPSA) is 50.4 Å². The summed E-state index contributed by atoms with van der Waals surface area (Å²) in [4.78, 5) is 12.0. The van der Waals surface area contributed by atoms with Crippen molar-refractivity contribution in [3.63, 3.8) is 0 Å². The molecule has 134 valence electrons. The van der Waals surface area contributed by atoms with Gasteiger partial charge in [-0.3, -0.25) is 4.79 Å². The van der Waals surface area contributed by atoms with E-state index in [4.69, 9.17) is 0 Å². The normalized spacial score (nSPS) is 12.4. The highest BCUT2D eigenvalue weighted by Crippen LogP contribution is 2.24. The number of alkyl halides is 3. The Hall–Kier alpha value is -2.77. The van der Waals surface area contributed by atoms with Crippen molar-refractivity contribution >= 4 is 11.6 Å². The molecular formula is C17H16F4N2O2. The first-order valence-corrected chi connectivity index (χ1v) is 7.37. The Balaban J connectivity index is 1.84. The molecule has 1 amide bonds. The Kier molecular flexibility index (Phi) is 5.84. The molecule has 25 heavy (non-hydrogen) atoms. The second-order valence-corrected chi connectivity index (χ2v) is 5.28. The highest BCUT2D eigenvalue weighted by atomic mass is 19.4. The van der Waals surface area contributed by atoms with Gasteiger partial charge in [-0.1, -0.05) is 12.1 Å². The minimum atomic E-state index is -4.75. The number of anilines is 1. The lowest BCUT2D eigenvalue weighted by molar-refractivity contribution is -0.274. The maximum atomic E-state index is 12.8. The third-order valence-electron chi connectivity index (χ3n) is 3.24. The maximum absolute atomic E-state index is 12.8. The first kappa shape index (κ1) is 18.6. The molecule has 0 unspecified atom stereocenters. The molecule has 0 spiro atoms. The van der Waals surface area contributed by atoms with E-state index in [0.717, 1.165) is 17.7 Å². The van der Waals surface area contributed by atoms with Gasteiger partial charge in [0.05, 0.1) is 0 Å². The SMILES string of the molecule is C[C@H](Nc1ccc(OC(F)(F)F)cc1)C(=O)NCc1ccc(F)cc1. The van der Waals surface area contributed by atoms with Crippen LogP contribution in [-0.4, -0.2) is 18.3 Å². The molecule has 2 N–H and O–H groups in total. The van der Waals surface area contributed by atoms with Crippen molar-refractivity contribution in [2.45, 2.75) is 25.9 Å². The van der Waals surface area contributed by atoms with Crippen LogP contribution in [0.3, 0.4) is 0 Å². The molecule has 0 aliphatic carbocycles. The van der Waals surface area contributed by atoms with Crippen LogP contribution in [0.15, 0.2) is 48.5 Å². The maximum Gasteiger partial charge on any atom is 0.573 e. The third kappa shape index (κ3) is 6.33. The Morgan fingerprint density at radius 2 is 1.68 bits per heavy atom. The van der Waals surface area contributed by atoms with E-state index in [1.54, 1.807) is 19.1 Å². The largest absolute Gasteiger partial charge is 0.573 e. The van der Waals surface area contributed by atoms with Gasteiger partial charge in [-0.25, -0.2) is 4.39 Å². The van der Waals surface area contributed by atoms with E-state index in [9.17, 15) is 22.4 Å². The number of ether oxygens (including phenoxy) is 1. The molecule has 0 bridgehead atoms. The van der Waals surface area contributed by atoms with Crippen molar-refractivity contribution < 1.29 is 27.1 Å². The third-order valence-corrected chi connectivity index (χ3v) is 3.24. The van der Waals surface area contributed by atoms with Gasteiger partial charge in [-0.2, -0.15) is 0 Å². The predicted octanol–water partition coefficient (Wildman–Crippen LogP) is 3.84. The van der Waals surface area contributed by atoms with E-state index >= 15 is 0 Å². The lowest BCUT2D eigenvalue weighted by Crippen LogP contribution is -2.37. The number of benzene rings is 2. The summed E-state index contributed by atoms with van der Waals surface area (Å²) < 4.78 is 52.9. The van der Waals surface area contributed by atoms with E-state index in [0.29, 0.717) is 5.69 Å². The van der Waals surface area contributed by atoms with Crippen LogP contribution in [0.4, 0.5) is 23.2 Å². The smallest absolute Gasteiger partial charge is 0.406 e. The molecule has 0 fully saturated rings. The summed E-state index contributed by atoms with van der Waals surface area (Å²) in [7, 11) is 0. The average molecular weight is 356 g/mol. The van der Waals surface area contributed by atoms with Crippen molar-refractivity contribution in [2.24, 2.45) is 0 Å². The van der Waals surface area contributed by atoms with Crippen molar-refractivity contribution in [2.75, 3.05) is 5.32 Å². The Morgan fingerprint density at radius 1 is 1.08 bits per heavy atom. The van der Waals surface area contributed by atoms with E-state index in [1.807, 2.05) is 0 Å². The fourth-order valence-electron chi connectivity index (χ4n) is 2.01. The molecule has 0 saturated heterocycles. The predicted molar refractivity (Wildman–Crippen MR) is 84.5 cm³/mol. The number of hydrogen-bond acceptors (Lipinski definition) is 3. The van der Waals surface area contributed by atoms with Gasteiger partial charge >= 0.3 is 6.36 Å². The summed E-state index contributed by atoms with van der Waals surface area (Å²) in [6, 6.07) is 10.2. The summed E-state index contributed by atoms with van der Waals surface area (Å²) >= 11 is 0. The summed E-state index contributed by atoms with van der Waals surface area (Å²) in [5, 5.41) is 5.55. The van der Waals surface area contributed by atoms with Crippen molar-refractivity contribution in [3.05, 3.63) is 59.9 Å². The van der Waals surface area contributed by atoms with Gasteiger partial charge in [0.15, 0.2) is 0 Å². The van der Waals surface area contributed by atoms with Crippen LogP contribution in [-0.2, 0) is 11.3 Å². The van der Waals surface area contributed by atoms with Crippen molar-refractivity contribution in [1.82, 2.24) is 5.32 Å². The quantitative estimate of drug-likeness (QED) is 0.773. The molecule has 2 rings (SSSR count). The summed E-state index contributed by atoms with van der Waals surface area (Å²) in [6.07, 6.45) is -4.75. The second-order valence-electron chi connectivity index (χ2n) is 5.28. The molecular weight excluding hydrogens is 340 g/mol. The number of hydrogen-bond donors (Lipinski definition) is 2. The molecule has 2 aromatic carbocycles. The van der Waals surface area contributed by atoms with Crippen molar-refractivity contribution in [1.29, 1.82) is 0 Å². The number of carbonyl (C=O) groups is 1. The first-order valence-electron chi connectivity index (χ1n) is 7.37. The molecule has 1 atom stereocenters. The average Bonchev–Trinajstić information content (AvgIpc) is 2.54. The minimum Gasteiger partial charge on any atom is -0.406 e. The fourth-order valence-corrected chi connectivity index (χ4v) is 2.01. The highest BCUT2D eigenvalue weighted by Gasteiger charge is 2.30. The van der Waals surface area contributed by atoms with Crippen LogP contribution in [0.1, 0.15) is 12.5 Å². The van der Waals surface area contributed by atoms with E-state index in [-0.39, 0.29) is 24.0 Å². The standard InChI is InChI=1S/C17H16F4N2O2/c1-11(16(24)22-10-12-2-4-13(18)5-3-12)23-14-6-8-15(9-7-14)25-17(19,20)21/h2-9,11,23H,10H2,1H3,(H,22,24)/t11-/m0/s1. The van der Waals surface area contributed by atoms with Crippen LogP contribution in [0, 0.1) is 5.82 Å². The zero-order chi connectivity index (χ0) is 18.4. The van der Waals surface area contributed by atoms with Crippen molar-refractivity contribution in [3.8, 4) is 5.75 Å². The van der Waals surface area contributed by atoms with Gasteiger partial charge in [0, 0.05) is 12.2 Å². The number of amides is 1. The molecule has 4 nitrogen and oxygen atoms in total. The van der Waals surface area contributed by atoms with Crippen LogP contribution in [0.25, 0.3) is 0 Å². The van der Waals surface area contributed by atoms with Crippen LogP contribution >= 0.6 is 0 Å². The Morgan fingerprint density at radius 3 is 2.24 bits per heavy atom. The number of carbonyl (C=O) groups excluding carboxylic acids is 1. The van der Waals surface area contributed by atoms with E-state index < -0.39 is 12.4 Å². The van der Waals surface area contributed by atoms with Gasteiger partial charge < -0.3 is 15.4 Å². The van der Waals surface area contributed by atoms with Crippen LogP contribution in [0.5, 0.6) is 5.75 Å². The molecule has 0 aliphatic rings. The number of nitrogens with one attached hydrogen (secondary N) is 2. The summed E-state index contributed by atoms with van der Waals surface area (Å²) in [5.41, 5.74) is 1.22. The molecule has 0 saturated carbocycles. The lowest BCUT2D eigenvalue weighted by atomic mass is 10.2. The zero-order valence-corrected chi connectivity index (χ0v) is 13.2. The molecule has 0 aromatic heterocycles. The van der Waals surface area contributed by atoms with Gasteiger partial charge in [0.25, 0.3) is 0 Å². The van der Waals surface area contributed by atoms with E-state index in [2.05, 4.69) is 15.4 Å². The first-order chi connectivity index (χ1) is 11.7. The fraction of sp³-hybridized carbons (Fsp3) is 0.235. The van der Waals surface area contributed by atoms with Gasteiger partial charge in [-0.15, -0.1) is 13.2 Å².